The van der Waals surface area contributed by atoms with Crippen molar-refractivity contribution in [3.05, 3.63) is 59.2 Å². The van der Waals surface area contributed by atoms with Gasteiger partial charge in [0.1, 0.15) is 5.82 Å². The van der Waals surface area contributed by atoms with Gasteiger partial charge in [-0.25, -0.2) is 4.98 Å². The van der Waals surface area contributed by atoms with Gasteiger partial charge in [0.15, 0.2) is 0 Å². The minimum absolute atomic E-state index is 0.0940. The molecule has 1 amide bonds. The summed E-state index contributed by atoms with van der Waals surface area (Å²) < 4.78 is 0. The molecular weight excluding hydrogens is 376 g/mol. The second kappa shape index (κ2) is 8.16. The van der Waals surface area contributed by atoms with Gasteiger partial charge in [-0.2, -0.15) is 0 Å². The summed E-state index contributed by atoms with van der Waals surface area (Å²) in [6.07, 6.45) is 5.31. The first kappa shape index (κ1) is 19.2. The van der Waals surface area contributed by atoms with E-state index in [4.69, 9.17) is 4.98 Å². The van der Waals surface area contributed by atoms with Crippen LogP contribution < -0.4 is 5.32 Å². The number of nitrogens with zero attached hydrogens (tertiary/aromatic N) is 4. The van der Waals surface area contributed by atoms with Gasteiger partial charge >= 0.3 is 0 Å². The highest BCUT2D eigenvalue weighted by molar-refractivity contribution is 5.97. The number of nitrogens with one attached hydrogen (secondary N) is 2. The summed E-state index contributed by atoms with van der Waals surface area (Å²) in [6.45, 7) is 3.94. The van der Waals surface area contributed by atoms with Crippen LogP contribution in [0, 0.1) is 0 Å². The topological polar surface area (TPSA) is 77.2 Å². The van der Waals surface area contributed by atoms with Crippen molar-refractivity contribution in [2.75, 3.05) is 33.2 Å². The van der Waals surface area contributed by atoms with Crippen LogP contribution in [-0.2, 0) is 13.0 Å². The van der Waals surface area contributed by atoms with E-state index < -0.39 is 0 Å². The SMILES string of the molecule is CN(Cc1nc2ccc(C(=O)N3CCNCC3)cc2[nH]1)C1CCCc2cccnc21. The van der Waals surface area contributed by atoms with Crippen molar-refractivity contribution >= 4 is 16.9 Å². The second-order valence-corrected chi connectivity index (χ2v) is 8.33. The van der Waals surface area contributed by atoms with E-state index in [1.807, 2.05) is 35.4 Å². The first-order chi connectivity index (χ1) is 14.7. The van der Waals surface area contributed by atoms with Gasteiger partial charge in [-0.1, -0.05) is 6.07 Å². The third-order valence-electron chi connectivity index (χ3n) is 6.28. The van der Waals surface area contributed by atoms with E-state index in [2.05, 4.69) is 33.3 Å². The molecule has 1 aliphatic heterocycles. The standard InChI is InChI=1S/C23H28N6O/c1-28(20-6-2-4-16-5-3-9-25-22(16)20)15-21-26-18-8-7-17(14-19(18)27-21)23(30)29-12-10-24-11-13-29/h3,5,7-9,14,20,24H,2,4,6,10-13,15H2,1H3,(H,26,27). The lowest BCUT2D eigenvalue weighted by Gasteiger charge is -2.31. The Balaban J connectivity index is 1.34. The van der Waals surface area contributed by atoms with E-state index in [-0.39, 0.29) is 5.91 Å². The average molecular weight is 405 g/mol. The van der Waals surface area contributed by atoms with Crippen molar-refractivity contribution in [3.63, 3.8) is 0 Å². The third-order valence-corrected chi connectivity index (χ3v) is 6.28. The first-order valence-corrected chi connectivity index (χ1v) is 10.8. The highest BCUT2D eigenvalue weighted by Gasteiger charge is 2.25. The van der Waals surface area contributed by atoms with Gasteiger partial charge in [0.2, 0.25) is 0 Å². The molecule has 7 heteroatoms. The molecule has 2 N–H and O–H groups in total. The van der Waals surface area contributed by atoms with E-state index in [0.717, 1.165) is 68.0 Å². The molecule has 3 aromatic rings. The van der Waals surface area contributed by atoms with Crippen molar-refractivity contribution in [1.29, 1.82) is 0 Å². The number of hydrogen-bond acceptors (Lipinski definition) is 5. The molecule has 156 valence electrons. The number of pyridine rings is 1. The minimum atomic E-state index is 0.0940. The Morgan fingerprint density at radius 3 is 3.00 bits per heavy atom. The fourth-order valence-electron chi connectivity index (χ4n) is 4.68. The Bertz CT molecular complexity index is 1050. The molecule has 1 saturated heterocycles. The number of hydrogen-bond donors (Lipinski definition) is 2. The lowest BCUT2D eigenvalue weighted by Crippen LogP contribution is -2.46. The predicted octanol–water partition coefficient (Wildman–Crippen LogP) is 2.51. The van der Waals surface area contributed by atoms with Crippen LogP contribution in [0.4, 0.5) is 0 Å². The quantitative estimate of drug-likeness (QED) is 0.699. The molecule has 30 heavy (non-hydrogen) atoms. The number of rotatable bonds is 4. The fraction of sp³-hybridized carbons (Fsp3) is 0.435. The summed E-state index contributed by atoms with van der Waals surface area (Å²) in [5.41, 5.74) is 5.10. The Morgan fingerprint density at radius 2 is 2.13 bits per heavy atom. The summed E-state index contributed by atoms with van der Waals surface area (Å²) in [6, 6.07) is 10.3. The van der Waals surface area contributed by atoms with Gasteiger partial charge in [0, 0.05) is 37.9 Å². The molecule has 0 radical (unpaired) electrons. The molecule has 0 spiro atoms. The maximum absolute atomic E-state index is 12.8. The van der Waals surface area contributed by atoms with Crippen molar-refractivity contribution in [1.82, 2.24) is 30.1 Å². The number of carbonyl (C=O) groups excluding carboxylic acids is 1. The predicted molar refractivity (Wildman–Crippen MR) is 116 cm³/mol. The number of aromatic nitrogens is 3. The fourth-order valence-corrected chi connectivity index (χ4v) is 4.68. The second-order valence-electron chi connectivity index (χ2n) is 8.33. The lowest BCUT2D eigenvalue weighted by atomic mass is 9.91. The molecule has 3 heterocycles. The molecule has 1 aromatic carbocycles. The summed E-state index contributed by atoms with van der Waals surface area (Å²) in [5.74, 6) is 1.01. The molecule has 0 saturated carbocycles. The molecule has 1 aliphatic carbocycles. The zero-order valence-corrected chi connectivity index (χ0v) is 17.4. The van der Waals surface area contributed by atoms with Gasteiger partial charge in [0.25, 0.3) is 5.91 Å². The van der Waals surface area contributed by atoms with Crippen molar-refractivity contribution < 1.29 is 4.79 Å². The smallest absolute Gasteiger partial charge is 0.254 e. The number of benzene rings is 1. The molecule has 1 unspecified atom stereocenters. The van der Waals surface area contributed by atoms with Crippen LogP contribution in [0.2, 0.25) is 0 Å². The number of amides is 1. The van der Waals surface area contributed by atoms with Crippen LogP contribution in [0.1, 0.15) is 46.3 Å². The highest BCUT2D eigenvalue weighted by atomic mass is 16.2. The Labute approximate surface area is 176 Å². The molecular formula is C23H28N6O. The van der Waals surface area contributed by atoms with Gasteiger partial charge < -0.3 is 15.2 Å². The van der Waals surface area contributed by atoms with E-state index in [1.165, 1.54) is 17.7 Å². The van der Waals surface area contributed by atoms with E-state index >= 15 is 0 Å². The van der Waals surface area contributed by atoms with Gasteiger partial charge in [0.05, 0.1) is 29.3 Å². The number of H-pyrrole nitrogens is 1. The van der Waals surface area contributed by atoms with Crippen LogP contribution in [0.5, 0.6) is 0 Å². The largest absolute Gasteiger partial charge is 0.341 e. The molecule has 5 rings (SSSR count). The number of fused-ring (bicyclic) bond motifs is 2. The maximum atomic E-state index is 12.8. The van der Waals surface area contributed by atoms with E-state index in [1.54, 1.807) is 0 Å². The Morgan fingerprint density at radius 1 is 1.27 bits per heavy atom. The Kier molecular flexibility index (Phi) is 5.23. The highest BCUT2D eigenvalue weighted by Crippen LogP contribution is 2.32. The van der Waals surface area contributed by atoms with Crippen molar-refractivity contribution in [2.45, 2.75) is 31.8 Å². The molecule has 2 aliphatic rings. The van der Waals surface area contributed by atoms with Gasteiger partial charge in [-0.3, -0.25) is 14.7 Å². The normalized spacial score (nSPS) is 19.3. The van der Waals surface area contributed by atoms with Crippen LogP contribution in [0.25, 0.3) is 11.0 Å². The lowest BCUT2D eigenvalue weighted by molar-refractivity contribution is 0.0736. The Hall–Kier alpha value is -2.77. The molecule has 0 bridgehead atoms. The number of imidazole rings is 1. The summed E-state index contributed by atoms with van der Waals surface area (Å²) in [5, 5.41) is 3.29. The molecule has 7 nitrogen and oxygen atoms in total. The van der Waals surface area contributed by atoms with Crippen LogP contribution in [-0.4, -0.2) is 63.9 Å². The van der Waals surface area contributed by atoms with Gasteiger partial charge in [-0.05, 0) is 56.1 Å². The summed E-state index contributed by atoms with van der Waals surface area (Å²) >= 11 is 0. The van der Waals surface area contributed by atoms with E-state index in [0.29, 0.717) is 6.04 Å². The zero-order valence-electron chi connectivity index (χ0n) is 17.4. The number of aryl methyl sites for hydroxylation is 1. The monoisotopic (exact) mass is 404 g/mol. The number of piperazine rings is 1. The minimum Gasteiger partial charge on any atom is -0.341 e. The summed E-state index contributed by atoms with van der Waals surface area (Å²) in [4.78, 5) is 29.9. The maximum Gasteiger partial charge on any atom is 0.254 e. The molecule has 1 atom stereocenters. The van der Waals surface area contributed by atoms with Crippen molar-refractivity contribution in [2.24, 2.45) is 0 Å². The van der Waals surface area contributed by atoms with Crippen molar-refractivity contribution in [3.8, 4) is 0 Å². The first-order valence-electron chi connectivity index (χ1n) is 10.8. The van der Waals surface area contributed by atoms with Crippen LogP contribution >= 0.6 is 0 Å². The van der Waals surface area contributed by atoms with Gasteiger partial charge in [-0.15, -0.1) is 0 Å². The number of aromatic amines is 1. The third kappa shape index (κ3) is 3.70. The molecule has 2 aromatic heterocycles. The summed E-state index contributed by atoms with van der Waals surface area (Å²) in [7, 11) is 2.14. The van der Waals surface area contributed by atoms with Crippen LogP contribution in [0.3, 0.4) is 0 Å². The average Bonchev–Trinajstić information content (AvgIpc) is 3.20. The number of carbonyl (C=O) groups is 1. The van der Waals surface area contributed by atoms with Crippen LogP contribution in [0.15, 0.2) is 36.5 Å². The zero-order chi connectivity index (χ0) is 20.5. The molecule has 1 fully saturated rings. The van der Waals surface area contributed by atoms with E-state index in [9.17, 15) is 4.79 Å².